The predicted octanol–water partition coefficient (Wildman–Crippen LogP) is 3.00. The number of nitrogens with one attached hydrogen (secondary N) is 1. The number of benzene rings is 1. The highest BCUT2D eigenvalue weighted by molar-refractivity contribution is 6.00. The third kappa shape index (κ3) is 2.72. The average Bonchev–Trinajstić information content (AvgIpc) is 2.92. The van der Waals surface area contributed by atoms with Crippen molar-refractivity contribution in [2.75, 3.05) is 5.32 Å². The fourth-order valence-corrected chi connectivity index (χ4v) is 2.64. The van der Waals surface area contributed by atoms with Crippen molar-refractivity contribution in [1.29, 1.82) is 0 Å². The van der Waals surface area contributed by atoms with Crippen LogP contribution in [-0.4, -0.2) is 17.0 Å². The Labute approximate surface area is 119 Å². The van der Waals surface area contributed by atoms with Crippen LogP contribution in [0.5, 0.6) is 0 Å². The summed E-state index contributed by atoms with van der Waals surface area (Å²) in [6.07, 6.45) is -4.59. The number of anilines is 1. The molecular formula is C14H14F3NO3. The molecule has 0 radical (unpaired) electrons. The molecule has 1 aromatic rings. The summed E-state index contributed by atoms with van der Waals surface area (Å²) in [4.78, 5) is 23.1. The van der Waals surface area contributed by atoms with E-state index in [9.17, 15) is 22.8 Å². The molecular weight excluding hydrogens is 287 g/mol. The van der Waals surface area contributed by atoms with Crippen molar-refractivity contribution < 1.29 is 27.9 Å². The van der Waals surface area contributed by atoms with E-state index >= 15 is 0 Å². The molecule has 2 rings (SSSR count). The number of aliphatic carboxylic acids is 1. The number of amides is 1. The van der Waals surface area contributed by atoms with E-state index in [2.05, 4.69) is 5.32 Å². The number of carboxylic acid groups (broad SMARTS) is 1. The quantitative estimate of drug-likeness (QED) is 0.902. The lowest BCUT2D eigenvalue weighted by Crippen LogP contribution is -2.20. The number of para-hydroxylation sites is 1. The van der Waals surface area contributed by atoms with E-state index in [0.717, 1.165) is 12.1 Å². The molecule has 0 aromatic heterocycles. The van der Waals surface area contributed by atoms with Gasteiger partial charge >= 0.3 is 12.1 Å². The number of carbonyl (C=O) groups is 2. The van der Waals surface area contributed by atoms with Gasteiger partial charge in [-0.3, -0.25) is 9.59 Å². The van der Waals surface area contributed by atoms with E-state index in [1.807, 2.05) is 0 Å². The van der Waals surface area contributed by atoms with Gasteiger partial charge in [0.05, 0.1) is 23.1 Å². The highest BCUT2D eigenvalue weighted by Gasteiger charge is 2.66. The van der Waals surface area contributed by atoms with Crippen LogP contribution in [0.4, 0.5) is 18.9 Å². The van der Waals surface area contributed by atoms with E-state index in [4.69, 9.17) is 5.11 Å². The summed E-state index contributed by atoms with van der Waals surface area (Å²) in [5.74, 6) is -3.54. The minimum absolute atomic E-state index is 0.359. The Morgan fingerprint density at radius 3 is 2.24 bits per heavy atom. The average molecular weight is 301 g/mol. The van der Waals surface area contributed by atoms with Crippen molar-refractivity contribution in [2.24, 2.45) is 17.3 Å². The minimum Gasteiger partial charge on any atom is -0.481 e. The van der Waals surface area contributed by atoms with E-state index < -0.39 is 40.9 Å². The van der Waals surface area contributed by atoms with Crippen LogP contribution in [0, 0.1) is 17.3 Å². The topological polar surface area (TPSA) is 66.4 Å². The van der Waals surface area contributed by atoms with Gasteiger partial charge in [0.25, 0.3) is 0 Å². The summed E-state index contributed by atoms with van der Waals surface area (Å²) in [5, 5.41) is 11.2. The molecule has 7 heteroatoms. The number of rotatable bonds is 3. The van der Waals surface area contributed by atoms with Crippen LogP contribution in [0.15, 0.2) is 24.3 Å². The second-order valence-electron chi connectivity index (χ2n) is 5.65. The molecule has 0 heterocycles. The number of hydrogen-bond acceptors (Lipinski definition) is 2. The standard InChI is InChI=1S/C14H14F3NO3/c1-13(2)9(10(13)12(20)21)11(19)18-8-6-4-3-5-7(8)14(15,16)17/h3-6,9-10H,1-2H3,(H,18,19)(H,20,21). The van der Waals surface area contributed by atoms with Gasteiger partial charge in [0.2, 0.25) is 5.91 Å². The number of alkyl halides is 3. The van der Waals surface area contributed by atoms with Crippen molar-refractivity contribution in [3.63, 3.8) is 0 Å². The first kappa shape index (κ1) is 15.3. The van der Waals surface area contributed by atoms with Crippen LogP contribution in [0.3, 0.4) is 0 Å². The first-order valence-electron chi connectivity index (χ1n) is 6.26. The van der Waals surface area contributed by atoms with Crippen LogP contribution in [0.1, 0.15) is 19.4 Å². The van der Waals surface area contributed by atoms with E-state index in [-0.39, 0.29) is 5.69 Å². The van der Waals surface area contributed by atoms with Crippen LogP contribution in [0.25, 0.3) is 0 Å². The largest absolute Gasteiger partial charge is 0.481 e. The molecule has 114 valence electrons. The lowest BCUT2D eigenvalue weighted by molar-refractivity contribution is -0.140. The minimum atomic E-state index is -4.59. The van der Waals surface area contributed by atoms with Gasteiger partial charge in [0, 0.05) is 0 Å². The van der Waals surface area contributed by atoms with Crippen molar-refractivity contribution >= 4 is 17.6 Å². The first-order chi connectivity index (χ1) is 9.56. The number of carboxylic acids is 1. The van der Waals surface area contributed by atoms with E-state index in [1.165, 1.54) is 12.1 Å². The first-order valence-corrected chi connectivity index (χ1v) is 6.26. The van der Waals surface area contributed by atoms with Crippen LogP contribution in [-0.2, 0) is 15.8 Å². The summed E-state index contributed by atoms with van der Waals surface area (Å²) < 4.78 is 38.5. The zero-order valence-corrected chi connectivity index (χ0v) is 11.4. The molecule has 2 atom stereocenters. The van der Waals surface area contributed by atoms with Crippen LogP contribution >= 0.6 is 0 Å². The summed E-state index contributed by atoms with van der Waals surface area (Å²) >= 11 is 0. The maximum Gasteiger partial charge on any atom is 0.418 e. The second-order valence-corrected chi connectivity index (χ2v) is 5.65. The summed E-state index contributed by atoms with van der Waals surface area (Å²) in [6, 6.07) is 4.60. The van der Waals surface area contributed by atoms with Crippen molar-refractivity contribution in [1.82, 2.24) is 0 Å². The lowest BCUT2D eigenvalue weighted by atomic mass is 10.1. The molecule has 1 saturated carbocycles. The fourth-order valence-electron chi connectivity index (χ4n) is 2.64. The Balaban J connectivity index is 2.21. The van der Waals surface area contributed by atoms with Gasteiger partial charge in [-0.25, -0.2) is 0 Å². The Hall–Kier alpha value is -2.05. The molecule has 0 spiro atoms. The van der Waals surface area contributed by atoms with Gasteiger partial charge in [-0.05, 0) is 17.5 Å². The van der Waals surface area contributed by atoms with Gasteiger partial charge in [0.15, 0.2) is 0 Å². The molecule has 0 aliphatic heterocycles. The molecule has 2 N–H and O–H groups in total. The van der Waals surface area contributed by atoms with Gasteiger partial charge in [0.1, 0.15) is 0 Å². The molecule has 4 nitrogen and oxygen atoms in total. The van der Waals surface area contributed by atoms with Crippen LogP contribution < -0.4 is 5.32 Å². The molecule has 0 saturated heterocycles. The fraction of sp³-hybridized carbons (Fsp3) is 0.429. The third-order valence-corrected chi connectivity index (χ3v) is 3.87. The molecule has 2 unspecified atom stereocenters. The van der Waals surface area contributed by atoms with Gasteiger partial charge in [-0.2, -0.15) is 13.2 Å². The lowest BCUT2D eigenvalue weighted by Gasteiger charge is -2.13. The van der Waals surface area contributed by atoms with Crippen molar-refractivity contribution in [3.05, 3.63) is 29.8 Å². The van der Waals surface area contributed by atoms with Crippen LogP contribution in [0.2, 0.25) is 0 Å². The number of carbonyl (C=O) groups excluding carboxylic acids is 1. The Kier molecular flexibility index (Phi) is 3.47. The van der Waals surface area contributed by atoms with Crippen molar-refractivity contribution in [3.8, 4) is 0 Å². The molecule has 0 bridgehead atoms. The van der Waals surface area contributed by atoms with Gasteiger partial charge in [-0.1, -0.05) is 26.0 Å². The van der Waals surface area contributed by atoms with E-state index in [1.54, 1.807) is 13.8 Å². The molecule has 1 amide bonds. The third-order valence-electron chi connectivity index (χ3n) is 3.87. The maximum atomic E-state index is 12.8. The number of hydrogen-bond donors (Lipinski definition) is 2. The smallest absolute Gasteiger partial charge is 0.418 e. The van der Waals surface area contributed by atoms with Gasteiger partial charge < -0.3 is 10.4 Å². The SMILES string of the molecule is CC1(C)C(C(=O)O)C1C(=O)Nc1ccccc1C(F)(F)F. The molecule has 1 aliphatic rings. The Bertz CT molecular complexity index is 595. The second kappa shape index (κ2) is 4.75. The zero-order chi connectivity index (χ0) is 16.0. The van der Waals surface area contributed by atoms with Gasteiger partial charge in [-0.15, -0.1) is 0 Å². The molecule has 21 heavy (non-hydrogen) atoms. The highest BCUT2D eigenvalue weighted by Crippen LogP contribution is 2.58. The Morgan fingerprint density at radius 2 is 1.76 bits per heavy atom. The highest BCUT2D eigenvalue weighted by atomic mass is 19.4. The predicted molar refractivity (Wildman–Crippen MR) is 68.5 cm³/mol. The molecule has 1 fully saturated rings. The zero-order valence-electron chi connectivity index (χ0n) is 11.4. The Morgan fingerprint density at radius 1 is 1.19 bits per heavy atom. The summed E-state index contributed by atoms with van der Waals surface area (Å²) in [5.41, 5.74) is -2.08. The monoisotopic (exact) mass is 301 g/mol. The number of halogens is 3. The molecule has 1 aliphatic carbocycles. The van der Waals surface area contributed by atoms with Crippen molar-refractivity contribution in [2.45, 2.75) is 20.0 Å². The molecule has 1 aromatic carbocycles. The summed E-state index contributed by atoms with van der Waals surface area (Å²) in [6.45, 7) is 3.21. The normalized spacial score (nSPS) is 23.5. The van der Waals surface area contributed by atoms with E-state index in [0.29, 0.717) is 0 Å². The summed E-state index contributed by atoms with van der Waals surface area (Å²) in [7, 11) is 0. The maximum absolute atomic E-state index is 12.8.